The lowest BCUT2D eigenvalue weighted by atomic mass is 10.5. The van der Waals surface area contributed by atoms with Crippen LogP contribution in [0.15, 0.2) is 0 Å². The number of rotatable bonds is 7. The lowest BCUT2D eigenvalue weighted by Gasteiger charge is -2.22. The van der Waals surface area contributed by atoms with Gasteiger partial charge in [-0.1, -0.05) is 0 Å². The summed E-state index contributed by atoms with van der Waals surface area (Å²) in [6.07, 6.45) is -0.831. The molecule has 0 rings (SSSR count). The first-order valence-corrected chi connectivity index (χ1v) is 8.18. The van der Waals surface area contributed by atoms with E-state index >= 15 is 0 Å². The SMILES string of the molecule is CC(O)CSP(=O)(OC(C)C)OC(C)C. The molecule has 6 heteroatoms. The van der Waals surface area contributed by atoms with Crippen LogP contribution in [0.2, 0.25) is 0 Å². The van der Waals surface area contributed by atoms with Crippen molar-refractivity contribution in [3.05, 3.63) is 0 Å². The van der Waals surface area contributed by atoms with Gasteiger partial charge >= 0.3 is 6.80 Å². The molecule has 0 saturated carbocycles. The molecule has 15 heavy (non-hydrogen) atoms. The van der Waals surface area contributed by atoms with E-state index in [-0.39, 0.29) is 12.2 Å². The van der Waals surface area contributed by atoms with Crippen LogP contribution >= 0.6 is 18.2 Å². The smallest absolute Gasteiger partial charge is 0.389 e. The van der Waals surface area contributed by atoms with Gasteiger partial charge in [0.25, 0.3) is 0 Å². The number of hydrogen-bond acceptors (Lipinski definition) is 5. The van der Waals surface area contributed by atoms with E-state index in [9.17, 15) is 4.57 Å². The van der Waals surface area contributed by atoms with Crippen molar-refractivity contribution in [1.29, 1.82) is 0 Å². The van der Waals surface area contributed by atoms with E-state index in [4.69, 9.17) is 14.2 Å². The topological polar surface area (TPSA) is 55.8 Å². The minimum Gasteiger partial charge on any atom is -0.393 e. The van der Waals surface area contributed by atoms with E-state index in [2.05, 4.69) is 0 Å². The highest BCUT2D eigenvalue weighted by Crippen LogP contribution is 2.62. The van der Waals surface area contributed by atoms with Gasteiger partial charge in [-0.15, -0.1) is 0 Å². The van der Waals surface area contributed by atoms with E-state index in [1.807, 2.05) is 0 Å². The van der Waals surface area contributed by atoms with Gasteiger partial charge in [-0.25, -0.2) is 4.57 Å². The van der Waals surface area contributed by atoms with Crippen LogP contribution in [0.1, 0.15) is 34.6 Å². The van der Waals surface area contributed by atoms with Crippen LogP contribution < -0.4 is 0 Å². The van der Waals surface area contributed by atoms with Crippen LogP contribution in [0.3, 0.4) is 0 Å². The summed E-state index contributed by atoms with van der Waals surface area (Å²) in [7, 11) is 0. The van der Waals surface area contributed by atoms with E-state index in [0.29, 0.717) is 5.75 Å². The molecule has 0 spiro atoms. The molecule has 0 bridgehead atoms. The third-order valence-corrected chi connectivity index (χ3v) is 5.37. The number of aliphatic hydroxyl groups is 1. The maximum atomic E-state index is 12.1. The number of hydrogen-bond donors (Lipinski definition) is 1. The van der Waals surface area contributed by atoms with Gasteiger partial charge in [-0.2, -0.15) is 0 Å². The molecular formula is C9H21O4PS. The Balaban J connectivity index is 4.34. The van der Waals surface area contributed by atoms with Gasteiger partial charge in [0.2, 0.25) is 0 Å². The van der Waals surface area contributed by atoms with Crippen LogP contribution in [0.25, 0.3) is 0 Å². The molecule has 1 N–H and O–H groups in total. The van der Waals surface area contributed by atoms with Crippen molar-refractivity contribution in [2.45, 2.75) is 52.9 Å². The van der Waals surface area contributed by atoms with Crippen LogP contribution in [-0.4, -0.2) is 29.2 Å². The maximum absolute atomic E-state index is 12.1. The molecule has 1 atom stereocenters. The quantitative estimate of drug-likeness (QED) is 0.709. The Morgan fingerprint density at radius 2 is 1.53 bits per heavy atom. The van der Waals surface area contributed by atoms with Crippen LogP contribution in [0.4, 0.5) is 0 Å². The first-order valence-electron chi connectivity index (χ1n) is 5.04. The van der Waals surface area contributed by atoms with Crippen molar-refractivity contribution >= 4 is 18.2 Å². The summed E-state index contributed by atoms with van der Waals surface area (Å²) in [5.74, 6) is 0.344. The second kappa shape index (κ2) is 6.92. The molecule has 0 aliphatic heterocycles. The van der Waals surface area contributed by atoms with Gasteiger partial charge in [0, 0.05) is 5.75 Å². The number of aliphatic hydroxyl groups excluding tert-OH is 1. The summed E-state index contributed by atoms with van der Waals surface area (Å²) in [6, 6.07) is 0. The Bertz CT molecular complexity index is 204. The third kappa shape index (κ3) is 8.29. The Hall–Kier alpha value is 0.460. The molecule has 0 radical (unpaired) electrons. The normalized spacial score (nSPS) is 14.9. The fraction of sp³-hybridized carbons (Fsp3) is 1.00. The van der Waals surface area contributed by atoms with E-state index < -0.39 is 12.9 Å². The van der Waals surface area contributed by atoms with Crippen molar-refractivity contribution in [3.63, 3.8) is 0 Å². The molecule has 0 aliphatic carbocycles. The first kappa shape index (κ1) is 15.5. The van der Waals surface area contributed by atoms with Crippen molar-refractivity contribution in [3.8, 4) is 0 Å². The molecule has 0 aromatic heterocycles. The van der Waals surface area contributed by atoms with E-state index in [0.717, 1.165) is 11.4 Å². The Labute approximate surface area is 96.0 Å². The predicted molar refractivity (Wildman–Crippen MR) is 64.2 cm³/mol. The fourth-order valence-corrected chi connectivity index (χ4v) is 5.00. The molecule has 1 unspecified atom stereocenters. The molecule has 0 aromatic carbocycles. The molecule has 0 heterocycles. The molecule has 0 aromatic rings. The largest absolute Gasteiger partial charge is 0.393 e. The summed E-state index contributed by atoms with van der Waals surface area (Å²) in [5.41, 5.74) is 0. The first-order chi connectivity index (χ1) is 6.75. The molecule has 0 fully saturated rings. The van der Waals surface area contributed by atoms with Gasteiger partial charge in [0.05, 0.1) is 18.3 Å². The average molecular weight is 256 g/mol. The lowest BCUT2D eigenvalue weighted by molar-refractivity contribution is 0.155. The molecular weight excluding hydrogens is 235 g/mol. The zero-order valence-electron chi connectivity index (χ0n) is 9.97. The van der Waals surface area contributed by atoms with Crippen molar-refractivity contribution < 1.29 is 18.7 Å². The van der Waals surface area contributed by atoms with Crippen molar-refractivity contribution in [1.82, 2.24) is 0 Å². The van der Waals surface area contributed by atoms with Crippen molar-refractivity contribution in [2.75, 3.05) is 5.75 Å². The maximum Gasteiger partial charge on any atom is 0.389 e. The molecule has 0 aliphatic rings. The van der Waals surface area contributed by atoms with Gasteiger partial charge in [0.1, 0.15) is 0 Å². The van der Waals surface area contributed by atoms with E-state index in [1.54, 1.807) is 34.6 Å². The van der Waals surface area contributed by atoms with E-state index in [1.165, 1.54) is 0 Å². The molecule has 4 nitrogen and oxygen atoms in total. The Morgan fingerprint density at radius 1 is 1.13 bits per heavy atom. The zero-order valence-corrected chi connectivity index (χ0v) is 11.7. The summed E-state index contributed by atoms with van der Waals surface area (Å²) in [4.78, 5) is 0. The van der Waals surface area contributed by atoms with Crippen molar-refractivity contribution in [2.24, 2.45) is 0 Å². The van der Waals surface area contributed by atoms with Crippen LogP contribution in [-0.2, 0) is 13.6 Å². The fourth-order valence-electron chi connectivity index (χ4n) is 0.801. The monoisotopic (exact) mass is 256 g/mol. The second-order valence-electron chi connectivity index (χ2n) is 3.90. The molecule has 0 saturated heterocycles. The third-order valence-electron chi connectivity index (χ3n) is 1.15. The highest BCUT2D eigenvalue weighted by molar-refractivity contribution is 8.55. The summed E-state index contributed by atoms with van der Waals surface area (Å²) in [5, 5.41) is 9.13. The zero-order chi connectivity index (χ0) is 12.1. The Morgan fingerprint density at radius 3 is 1.80 bits per heavy atom. The van der Waals surface area contributed by atoms with Gasteiger partial charge in [-0.05, 0) is 46.0 Å². The summed E-state index contributed by atoms with van der Waals surface area (Å²) < 4.78 is 22.7. The average Bonchev–Trinajstić information content (AvgIpc) is 1.97. The highest BCUT2D eigenvalue weighted by atomic mass is 32.7. The minimum absolute atomic E-state index is 0.156. The highest BCUT2D eigenvalue weighted by Gasteiger charge is 2.28. The summed E-state index contributed by atoms with van der Waals surface area (Å²) in [6.45, 7) is 5.73. The Kier molecular flexibility index (Phi) is 7.13. The second-order valence-corrected chi connectivity index (χ2v) is 7.92. The predicted octanol–water partition coefficient (Wildman–Crippen LogP) is 3.06. The van der Waals surface area contributed by atoms with Gasteiger partial charge in [0.15, 0.2) is 0 Å². The molecule has 92 valence electrons. The standard InChI is InChI=1S/C9H21O4PS/c1-7(2)12-14(11,13-8(3)4)15-6-9(5)10/h7-10H,6H2,1-5H3. The lowest BCUT2D eigenvalue weighted by Crippen LogP contribution is -2.09. The summed E-state index contributed by atoms with van der Waals surface area (Å²) >= 11 is 1.05. The van der Waals surface area contributed by atoms with Gasteiger partial charge in [-0.3, -0.25) is 9.05 Å². The minimum atomic E-state index is -3.13. The van der Waals surface area contributed by atoms with Gasteiger partial charge < -0.3 is 5.11 Å². The van der Waals surface area contributed by atoms with Crippen LogP contribution in [0.5, 0.6) is 0 Å². The van der Waals surface area contributed by atoms with Crippen LogP contribution in [0, 0.1) is 0 Å². The molecule has 0 amide bonds.